The van der Waals surface area contributed by atoms with Crippen molar-refractivity contribution in [1.29, 1.82) is 0 Å². The van der Waals surface area contributed by atoms with Crippen LogP contribution in [0.2, 0.25) is 0 Å². The van der Waals surface area contributed by atoms with Gasteiger partial charge in [0, 0.05) is 20.6 Å². The van der Waals surface area contributed by atoms with Crippen molar-refractivity contribution in [2.45, 2.75) is 19.8 Å². The molecule has 0 spiro atoms. The third-order valence-corrected chi connectivity index (χ3v) is 1.38. The number of nitrogens with two attached hydrogens (primary N) is 1. The summed E-state index contributed by atoms with van der Waals surface area (Å²) in [5.41, 5.74) is 0. The first kappa shape index (κ1) is 10.2. The van der Waals surface area contributed by atoms with Gasteiger partial charge in [-0.15, -0.1) is 0 Å². The summed E-state index contributed by atoms with van der Waals surface area (Å²) >= 11 is 0. The molecular weight excluding hydrogens is 142 g/mol. The van der Waals surface area contributed by atoms with Crippen molar-refractivity contribution in [1.82, 2.24) is 9.91 Å². The third kappa shape index (κ3) is 3.83. The van der Waals surface area contributed by atoms with E-state index in [-0.39, 0.29) is 6.03 Å². The number of unbranched alkanes of at least 4 members (excludes halogenated alkanes) is 1. The SMILES string of the molecule is CCCCN(N)C(=O)N(C)C. The second kappa shape index (κ2) is 4.96. The summed E-state index contributed by atoms with van der Waals surface area (Å²) < 4.78 is 0. The van der Waals surface area contributed by atoms with Crippen molar-refractivity contribution in [3.63, 3.8) is 0 Å². The van der Waals surface area contributed by atoms with E-state index in [1.807, 2.05) is 0 Å². The van der Waals surface area contributed by atoms with Crippen LogP contribution in [-0.4, -0.2) is 36.6 Å². The monoisotopic (exact) mass is 159 g/mol. The van der Waals surface area contributed by atoms with Gasteiger partial charge in [-0.25, -0.2) is 10.6 Å². The van der Waals surface area contributed by atoms with Crippen molar-refractivity contribution < 1.29 is 4.79 Å². The van der Waals surface area contributed by atoms with Crippen LogP contribution in [0.3, 0.4) is 0 Å². The Labute approximate surface area is 67.9 Å². The first-order chi connectivity index (χ1) is 5.09. The van der Waals surface area contributed by atoms with Crippen LogP contribution in [-0.2, 0) is 0 Å². The highest BCUT2D eigenvalue weighted by Gasteiger charge is 2.09. The lowest BCUT2D eigenvalue weighted by atomic mass is 10.3. The van der Waals surface area contributed by atoms with Crippen LogP contribution in [0.15, 0.2) is 0 Å². The largest absolute Gasteiger partial charge is 0.333 e. The maximum Gasteiger partial charge on any atom is 0.333 e. The Balaban J connectivity index is 3.64. The highest BCUT2D eigenvalue weighted by atomic mass is 16.2. The van der Waals surface area contributed by atoms with Gasteiger partial charge in [0.2, 0.25) is 0 Å². The van der Waals surface area contributed by atoms with Gasteiger partial charge >= 0.3 is 6.03 Å². The van der Waals surface area contributed by atoms with Crippen LogP contribution in [0.5, 0.6) is 0 Å². The molecule has 0 aliphatic heterocycles. The molecule has 0 fully saturated rings. The molecule has 0 aliphatic carbocycles. The van der Waals surface area contributed by atoms with Crippen molar-refractivity contribution in [3.05, 3.63) is 0 Å². The fourth-order valence-electron chi connectivity index (χ4n) is 0.681. The maximum absolute atomic E-state index is 11.1. The van der Waals surface area contributed by atoms with E-state index in [1.165, 1.54) is 9.91 Å². The first-order valence-corrected chi connectivity index (χ1v) is 3.83. The van der Waals surface area contributed by atoms with Gasteiger partial charge in [0.1, 0.15) is 0 Å². The molecule has 0 bridgehead atoms. The van der Waals surface area contributed by atoms with E-state index in [9.17, 15) is 4.79 Å². The fraction of sp³-hybridized carbons (Fsp3) is 0.857. The van der Waals surface area contributed by atoms with Crippen molar-refractivity contribution in [2.75, 3.05) is 20.6 Å². The van der Waals surface area contributed by atoms with Crippen LogP contribution in [0.1, 0.15) is 19.8 Å². The number of rotatable bonds is 3. The van der Waals surface area contributed by atoms with Crippen molar-refractivity contribution in [3.8, 4) is 0 Å². The zero-order valence-corrected chi connectivity index (χ0v) is 7.50. The predicted molar refractivity (Wildman–Crippen MR) is 44.9 cm³/mol. The Hall–Kier alpha value is -0.770. The van der Waals surface area contributed by atoms with E-state index in [4.69, 9.17) is 5.84 Å². The standard InChI is InChI=1S/C7H17N3O/c1-4-5-6-10(8)7(11)9(2)3/h4-6,8H2,1-3H3. The summed E-state index contributed by atoms with van der Waals surface area (Å²) in [7, 11) is 3.38. The average molecular weight is 159 g/mol. The van der Waals surface area contributed by atoms with Crippen molar-refractivity contribution >= 4 is 6.03 Å². The summed E-state index contributed by atoms with van der Waals surface area (Å²) in [6, 6.07) is -0.140. The van der Waals surface area contributed by atoms with Crippen molar-refractivity contribution in [2.24, 2.45) is 5.84 Å². The second-order valence-corrected chi connectivity index (χ2v) is 2.72. The number of urea groups is 1. The van der Waals surface area contributed by atoms with Gasteiger partial charge in [-0.3, -0.25) is 5.01 Å². The zero-order valence-electron chi connectivity index (χ0n) is 7.50. The van der Waals surface area contributed by atoms with Crippen LogP contribution in [0.25, 0.3) is 0 Å². The summed E-state index contributed by atoms with van der Waals surface area (Å²) in [5.74, 6) is 5.45. The minimum absolute atomic E-state index is 0.140. The third-order valence-electron chi connectivity index (χ3n) is 1.38. The number of amides is 2. The van der Waals surface area contributed by atoms with E-state index in [2.05, 4.69) is 6.92 Å². The number of carbonyl (C=O) groups excluding carboxylic acids is 1. The normalized spacial score (nSPS) is 9.45. The number of hydrazine groups is 1. The lowest BCUT2D eigenvalue weighted by Crippen LogP contribution is -2.44. The van der Waals surface area contributed by atoms with E-state index in [0.29, 0.717) is 6.54 Å². The molecule has 4 heteroatoms. The Bertz CT molecular complexity index is 125. The highest BCUT2D eigenvalue weighted by Crippen LogP contribution is 1.92. The maximum atomic E-state index is 11.1. The molecule has 0 saturated heterocycles. The topological polar surface area (TPSA) is 49.6 Å². The smallest absolute Gasteiger partial charge is 0.330 e. The van der Waals surface area contributed by atoms with Crippen LogP contribution in [0, 0.1) is 0 Å². The Morgan fingerprint density at radius 1 is 1.45 bits per heavy atom. The average Bonchev–Trinajstić information content (AvgIpc) is 1.98. The van der Waals surface area contributed by atoms with Gasteiger partial charge in [-0.1, -0.05) is 13.3 Å². The van der Waals surface area contributed by atoms with Gasteiger partial charge in [0.05, 0.1) is 0 Å². The van der Waals surface area contributed by atoms with Crippen LogP contribution < -0.4 is 5.84 Å². The van der Waals surface area contributed by atoms with Crippen LogP contribution >= 0.6 is 0 Å². The minimum Gasteiger partial charge on any atom is -0.330 e. The quantitative estimate of drug-likeness (QED) is 0.373. The van der Waals surface area contributed by atoms with Gasteiger partial charge in [-0.05, 0) is 6.42 Å². The molecule has 0 heterocycles. The Kier molecular flexibility index (Phi) is 4.61. The summed E-state index contributed by atoms with van der Waals surface area (Å²) in [5, 5.41) is 1.24. The lowest BCUT2D eigenvalue weighted by molar-refractivity contribution is 0.171. The molecule has 66 valence electrons. The van der Waals surface area contributed by atoms with Gasteiger partial charge < -0.3 is 4.90 Å². The molecule has 0 aromatic heterocycles. The highest BCUT2D eigenvalue weighted by molar-refractivity contribution is 5.72. The molecule has 0 saturated carbocycles. The number of carbonyl (C=O) groups is 1. The molecule has 4 nitrogen and oxygen atoms in total. The first-order valence-electron chi connectivity index (χ1n) is 3.83. The Morgan fingerprint density at radius 3 is 2.36 bits per heavy atom. The Morgan fingerprint density at radius 2 is 2.00 bits per heavy atom. The summed E-state index contributed by atoms with van der Waals surface area (Å²) in [6.45, 7) is 2.70. The molecule has 0 aliphatic rings. The molecule has 0 unspecified atom stereocenters. The van der Waals surface area contributed by atoms with E-state index < -0.39 is 0 Å². The molecule has 0 rings (SSSR count). The van der Waals surface area contributed by atoms with Gasteiger partial charge in [-0.2, -0.15) is 0 Å². The molecular formula is C7H17N3O. The fourth-order valence-corrected chi connectivity index (χ4v) is 0.681. The molecule has 2 N–H and O–H groups in total. The molecule has 0 aromatic rings. The molecule has 11 heavy (non-hydrogen) atoms. The van der Waals surface area contributed by atoms with Gasteiger partial charge in [0.15, 0.2) is 0 Å². The predicted octanol–water partition coefficient (Wildman–Crippen LogP) is 0.644. The van der Waals surface area contributed by atoms with E-state index >= 15 is 0 Å². The number of hydrogen-bond donors (Lipinski definition) is 1. The zero-order chi connectivity index (χ0) is 8.85. The van der Waals surface area contributed by atoms with E-state index in [0.717, 1.165) is 12.8 Å². The van der Waals surface area contributed by atoms with Crippen LogP contribution in [0.4, 0.5) is 4.79 Å². The minimum atomic E-state index is -0.140. The molecule has 0 aromatic carbocycles. The molecule has 0 radical (unpaired) electrons. The number of nitrogens with zero attached hydrogens (tertiary/aromatic N) is 2. The van der Waals surface area contributed by atoms with Gasteiger partial charge in [0.25, 0.3) is 0 Å². The molecule has 2 amide bonds. The summed E-state index contributed by atoms with van der Waals surface area (Å²) in [6.07, 6.45) is 2.00. The number of hydrogen-bond acceptors (Lipinski definition) is 2. The lowest BCUT2D eigenvalue weighted by Gasteiger charge is -2.20. The molecule has 0 atom stereocenters. The summed E-state index contributed by atoms with van der Waals surface area (Å²) in [4.78, 5) is 12.5. The van der Waals surface area contributed by atoms with E-state index in [1.54, 1.807) is 14.1 Å². The second-order valence-electron chi connectivity index (χ2n) is 2.72.